The zero-order chi connectivity index (χ0) is 14.4. The van der Waals surface area contributed by atoms with Gasteiger partial charge in [0.2, 0.25) is 5.91 Å². The first-order chi connectivity index (χ1) is 9.72. The summed E-state index contributed by atoms with van der Waals surface area (Å²) >= 11 is 0. The Balaban J connectivity index is 2.21. The monoisotopic (exact) mass is 269 g/mol. The topological polar surface area (TPSA) is 71.1 Å². The number of pyridine rings is 1. The van der Waals surface area contributed by atoms with E-state index in [0.717, 1.165) is 5.56 Å². The molecule has 1 aromatic carbocycles. The van der Waals surface area contributed by atoms with Crippen LogP contribution in [-0.2, 0) is 4.79 Å². The van der Waals surface area contributed by atoms with Gasteiger partial charge < -0.3 is 10.6 Å². The third kappa shape index (κ3) is 3.20. The molecule has 0 saturated heterocycles. The van der Waals surface area contributed by atoms with Crippen LogP contribution in [0.25, 0.3) is 0 Å². The fourth-order valence-electron chi connectivity index (χ4n) is 1.81. The second-order valence-corrected chi connectivity index (χ2v) is 4.17. The van der Waals surface area contributed by atoms with E-state index < -0.39 is 6.04 Å². The van der Waals surface area contributed by atoms with Gasteiger partial charge in [-0.15, -0.1) is 0 Å². The van der Waals surface area contributed by atoms with E-state index in [9.17, 15) is 9.59 Å². The van der Waals surface area contributed by atoms with Gasteiger partial charge in [-0.05, 0) is 17.7 Å². The standard InChI is InChI=1S/C15H15N3O2/c1-16-15(20)13(11-5-3-2-4-6-11)18-14(19)12-7-9-17-10-8-12/h2-10,13H,1H3,(H,16,20)(H,18,19)/t13-/m0/s1. The molecule has 1 aromatic heterocycles. The summed E-state index contributed by atoms with van der Waals surface area (Å²) in [6.45, 7) is 0. The van der Waals surface area contributed by atoms with E-state index in [-0.39, 0.29) is 11.8 Å². The average molecular weight is 269 g/mol. The molecule has 1 atom stereocenters. The van der Waals surface area contributed by atoms with Crippen LogP contribution in [0.15, 0.2) is 54.9 Å². The van der Waals surface area contributed by atoms with Crippen molar-refractivity contribution in [3.05, 3.63) is 66.0 Å². The van der Waals surface area contributed by atoms with Crippen LogP contribution in [0, 0.1) is 0 Å². The number of hydrogen-bond acceptors (Lipinski definition) is 3. The van der Waals surface area contributed by atoms with Crippen LogP contribution in [0.3, 0.4) is 0 Å². The number of nitrogens with one attached hydrogen (secondary N) is 2. The van der Waals surface area contributed by atoms with Crippen LogP contribution in [0.2, 0.25) is 0 Å². The normalized spacial score (nSPS) is 11.4. The van der Waals surface area contributed by atoms with Gasteiger partial charge in [-0.25, -0.2) is 0 Å². The van der Waals surface area contributed by atoms with E-state index in [4.69, 9.17) is 0 Å². The third-order valence-electron chi connectivity index (χ3n) is 2.86. The Bertz CT molecular complexity index is 585. The summed E-state index contributed by atoms with van der Waals surface area (Å²) < 4.78 is 0. The number of likely N-dealkylation sites (N-methyl/N-ethyl adjacent to an activating group) is 1. The number of hydrogen-bond donors (Lipinski definition) is 2. The fourth-order valence-corrected chi connectivity index (χ4v) is 1.81. The lowest BCUT2D eigenvalue weighted by molar-refractivity contribution is -0.122. The Morgan fingerprint density at radius 3 is 2.30 bits per heavy atom. The molecule has 0 fully saturated rings. The van der Waals surface area contributed by atoms with Gasteiger partial charge in [0.15, 0.2) is 0 Å². The predicted octanol–water partition coefficient (Wildman–Crippen LogP) is 1.30. The van der Waals surface area contributed by atoms with Crippen LogP contribution in [-0.4, -0.2) is 23.8 Å². The molecule has 0 saturated carbocycles. The molecule has 0 aliphatic heterocycles. The fraction of sp³-hybridized carbons (Fsp3) is 0.133. The molecule has 102 valence electrons. The van der Waals surface area contributed by atoms with Crippen LogP contribution < -0.4 is 10.6 Å². The van der Waals surface area contributed by atoms with E-state index in [2.05, 4.69) is 15.6 Å². The molecule has 20 heavy (non-hydrogen) atoms. The molecule has 0 unspecified atom stereocenters. The third-order valence-corrected chi connectivity index (χ3v) is 2.86. The molecular weight excluding hydrogens is 254 g/mol. The number of amides is 2. The average Bonchev–Trinajstić information content (AvgIpc) is 2.53. The van der Waals surface area contributed by atoms with Crippen LogP contribution in [0.5, 0.6) is 0 Å². The highest BCUT2D eigenvalue weighted by atomic mass is 16.2. The van der Waals surface area contributed by atoms with Gasteiger partial charge >= 0.3 is 0 Å². The van der Waals surface area contributed by atoms with E-state index in [1.807, 2.05) is 18.2 Å². The number of aromatic nitrogens is 1. The summed E-state index contributed by atoms with van der Waals surface area (Å²) in [6.07, 6.45) is 3.07. The lowest BCUT2D eigenvalue weighted by atomic mass is 10.1. The van der Waals surface area contributed by atoms with Crippen molar-refractivity contribution in [2.45, 2.75) is 6.04 Å². The van der Waals surface area contributed by atoms with E-state index in [0.29, 0.717) is 5.56 Å². The van der Waals surface area contributed by atoms with Gasteiger partial charge in [0.05, 0.1) is 0 Å². The Morgan fingerprint density at radius 2 is 1.70 bits per heavy atom. The van der Waals surface area contributed by atoms with Gasteiger partial charge in [-0.3, -0.25) is 14.6 Å². The predicted molar refractivity (Wildman–Crippen MR) is 75.0 cm³/mol. The van der Waals surface area contributed by atoms with Crippen LogP contribution >= 0.6 is 0 Å². The van der Waals surface area contributed by atoms with Crippen LogP contribution in [0.1, 0.15) is 22.0 Å². The number of carbonyl (C=O) groups excluding carboxylic acids is 2. The molecule has 0 aliphatic rings. The van der Waals surface area contributed by atoms with Crippen molar-refractivity contribution in [2.75, 3.05) is 7.05 Å². The Kier molecular flexibility index (Phi) is 4.44. The van der Waals surface area contributed by atoms with Crippen molar-refractivity contribution >= 4 is 11.8 Å². The van der Waals surface area contributed by atoms with Gasteiger partial charge in [0.1, 0.15) is 6.04 Å². The SMILES string of the molecule is CNC(=O)[C@@H](NC(=O)c1ccncc1)c1ccccc1. The number of carbonyl (C=O) groups is 2. The van der Waals surface area contributed by atoms with Crippen molar-refractivity contribution in [1.29, 1.82) is 0 Å². The number of rotatable bonds is 4. The first kappa shape index (κ1) is 13.7. The maximum Gasteiger partial charge on any atom is 0.252 e. The van der Waals surface area contributed by atoms with Gasteiger partial charge in [-0.1, -0.05) is 30.3 Å². The van der Waals surface area contributed by atoms with Crippen molar-refractivity contribution in [1.82, 2.24) is 15.6 Å². The maximum atomic E-state index is 12.1. The largest absolute Gasteiger partial charge is 0.357 e. The van der Waals surface area contributed by atoms with E-state index in [1.54, 1.807) is 24.3 Å². The number of benzene rings is 1. The molecule has 5 heteroatoms. The highest BCUT2D eigenvalue weighted by Crippen LogP contribution is 2.13. The molecular formula is C15H15N3O2. The lowest BCUT2D eigenvalue weighted by Gasteiger charge is -2.17. The first-order valence-corrected chi connectivity index (χ1v) is 6.20. The summed E-state index contributed by atoms with van der Waals surface area (Å²) in [5, 5.41) is 5.28. The van der Waals surface area contributed by atoms with Crippen molar-refractivity contribution in [3.63, 3.8) is 0 Å². The molecule has 0 bridgehead atoms. The molecule has 0 radical (unpaired) electrons. The molecule has 2 aromatic rings. The Morgan fingerprint density at radius 1 is 1.05 bits per heavy atom. The van der Waals surface area contributed by atoms with Crippen molar-refractivity contribution in [3.8, 4) is 0 Å². The van der Waals surface area contributed by atoms with Crippen molar-refractivity contribution in [2.24, 2.45) is 0 Å². The minimum atomic E-state index is -0.720. The van der Waals surface area contributed by atoms with Gasteiger partial charge in [0.25, 0.3) is 5.91 Å². The van der Waals surface area contributed by atoms with Crippen molar-refractivity contribution < 1.29 is 9.59 Å². The summed E-state index contributed by atoms with van der Waals surface area (Å²) in [7, 11) is 1.54. The highest BCUT2D eigenvalue weighted by molar-refractivity contribution is 5.97. The molecule has 2 rings (SSSR count). The Labute approximate surface area is 117 Å². The highest BCUT2D eigenvalue weighted by Gasteiger charge is 2.21. The molecule has 5 nitrogen and oxygen atoms in total. The second kappa shape index (κ2) is 6.47. The summed E-state index contributed by atoms with van der Waals surface area (Å²) in [5.74, 6) is -0.580. The summed E-state index contributed by atoms with van der Waals surface area (Å²) in [5.41, 5.74) is 1.19. The van der Waals surface area contributed by atoms with E-state index >= 15 is 0 Å². The molecule has 2 N–H and O–H groups in total. The smallest absolute Gasteiger partial charge is 0.252 e. The molecule has 2 amide bonds. The zero-order valence-electron chi connectivity index (χ0n) is 11.0. The molecule has 1 heterocycles. The van der Waals surface area contributed by atoms with Gasteiger partial charge in [0, 0.05) is 25.0 Å². The van der Waals surface area contributed by atoms with Crippen LogP contribution in [0.4, 0.5) is 0 Å². The van der Waals surface area contributed by atoms with Gasteiger partial charge in [-0.2, -0.15) is 0 Å². The molecule has 0 aliphatic carbocycles. The number of nitrogens with zero attached hydrogens (tertiary/aromatic N) is 1. The first-order valence-electron chi connectivity index (χ1n) is 6.20. The minimum absolute atomic E-state index is 0.265. The maximum absolute atomic E-state index is 12.1. The molecule has 0 spiro atoms. The second-order valence-electron chi connectivity index (χ2n) is 4.17. The minimum Gasteiger partial charge on any atom is -0.357 e. The quantitative estimate of drug-likeness (QED) is 0.878. The summed E-state index contributed by atoms with van der Waals surface area (Å²) in [6, 6.07) is 11.6. The Hall–Kier alpha value is -2.69. The summed E-state index contributed by atoms with van der Waals surface area (Å²) in [4.78, 5) is 27.9. The zero-order valence-corrected chi connectivity index (χ0v) is 11.0. The van der Waals surface area contributed by atoms with E-state index in [1.165, 1.54) is 19.4 Å². The lowest BCUT2D eigenvalue weighted by Crippen LogP contribution is -2.39.